The maximum absolute atomic E-state index is 13.7. The summed E-state index contributed by atoms with van der Waals surface area (Å²) >= 11 is 12.0. The van der Waals surface area contributed by atoms with Crippen molar-refractivity contribution < 1.29 is 40.6 Å². The zero-order valence-electron chi connectivity index (χ0n) is 31.1. The standard InChI is InChI=1S/C20H21F2N3O3S.C12H15BrF2N2O.C6H5BrClNO/c1-13-7-8-16-17(29(27,28)15-5-3-2-4-6-15)18(23)24(19(16)25(13)26)14-9-11-20(21,22)12-10-14;1-8-2-3-10(13)11(17(8)18)16-9-4-6-12(14,15)7-5-9;1-4-2-3-5(7)6(8)9(4)10/h2-8,14H,9-12,23H2,1H3;2-3,9,18H,4-7H2,1H3;2-3H,1H3. The maximum atomic E-state index is 13.7. The van der Waals surface area contributed by atoms with Crippen molar-refractivity contribution in [3.05, 3.63) is 114 Å². The summed E-state index contributed by atoms with van der Waals surface area (Å²) in [7, 11) is -4.01. The van der Waals surface area contributed by atoms with Crippen molar-refractivity contribution in [3.63, 3.8) is 0 Å². The SMILES string of the molecule is Cc1ccc(Br)c(=NC2CCC(F)(F)CC2)n1O.Cc1ccc(Br)c(Cl)[n+]1[O-].Cc1ccc2c(S(=O)(=O)c3ccccc3)c(N)n(C3CCC(F)(F)CC3)c2[n+]1[O-]. The van der Waals surface area contributed by atoms with Gasteiger partial charge < -0.3 is 21.4 Å². The molecule has 4 aromatic heterocycles. The van der Waals surface area contributed by atoms with Crippen molar-refractivity contribution in [1.29, 1.82) is 0 Å². The van der Waals surface area contributed by atoms with Gasteiger partial charge in [-0.25, -0.2) is 35.3 Å². The van der Waals surface area contributed by atoms with E-state index in [-0.39, 0.29) is 76.4 Å². The second-order valence-electron chi connectivity index (χ2n) is 14.1. The Balaban J connectivity index is 0.000000187. The van der Waals surface area contributed by atoms with E-state index in [2.05, 4.69) is 36.9 Å². The normalized spacial score (nSPS) is 17.4. The molecule has 11 nitrogen and oxygen atoms in total. The molecule has 308 valence electrons. The minimum absolute atomic E-state index is 0.0546. The molecular weight excluding hydrogens is 924 g/mol. The molecule has 0 bridgehead atoms. The molecule has 0 spiro atoms. The van der Waals surface area contributed by atoms with Gasteiger partial charge in [0.2, 0.25) is 27.5 Å². The second-order valence-corrected chi connectivity index (χ2v) is 18.0. The van der Waals surface area contributed by atoms with Crippen LogP contribution < -0.4 is 20.7 Å². The molecule has 2 saturated carbocycles. The van der Waals surface area contributed by atoms with Crippen LogP contribution in [0.15, 0.2) is 90.5 Å². The van der Waals surface area contributed by atoms with Crippen LogP contribution in [0.4, 0.5) is 23.4 Å². The van der Waals surface area contributed by atoms with Gasteiger partial charge in [0.05, 0.1) is 26.5 Å². The third-order valence-electron chi connectivity index (χ3n) is 9.96. The first kappa shape index (κ1) is 44.2. The Hall–Kier alpha value is -3.87. The van der Waals surface area contributed by atoms with Gasteiger partial charge in [0, 0.05) is 38.7 Å². The third-order valence-corrected chi connectivity index (χ3v) is 13.7. The predicted octanol–water partition coefficient (Wildman–Crippen LogP) is 9.07. The van der Waals surface area contributed by atoms with Crippen molar-refractivity contribution in [3.8, 4) is 0 Å². The van der Waals surface area contributed by atoms with E-state index in [1.807, 2.05) is 0 Å². The summed E-state index contributed by atoms with van der Waals surface area (Å²) in [4.78, 5) is 4.28. The zero-order chi connectivity index (χ0) is 42.0. The van der Waals surface area contributed by atoms with Gasteiger partial charge >= 0.3 is 5.15 Å². The van der Waals surface area contributed by atoms with Crippen LogP contribution in [-0.2, 0) is 9.84 Å². The monoisotopic (exact) mass is 962 g/mol. The Morgan fingerprint density at radius 2 is 1.35 bits per heavy atom. The van der Waals surface area contributed by atoms with Gasteiger partial charge in [-0.1, -0.05) is 18.2 Å². The molecule has 0 aliphatic heterocycles. The summed E-state index contributed by atoms with van der Waals surface area (Å²) in [5.41, 5.74) is 8.39. The number of nitrogens with zero attached hydrogens (tertiary/aromatic N) is 5. The van der Waals surface area contributed by atoms with Gasteiger partial charge in [-0.05, 0) is 125 Å². The third kappa shape index (κ3) is 9.88. The Morgan fingerprint density at radius 3 is 1.93 bits per heavy atom. The fourth-order valence-electron chi connectivity index (χ4n) is 6.67. The van der Waals surface area contributed by atoms with Crippen LogP contribution in [0.2, 0.25) is 5.15 Å². The van der Waals surface area contributed by atoms with Gasteiger partial charge in [-0.2, -0.15) is 9.46 Å². The number of fused-ring (bicyclic) bond motifs is 1. The van der Waals surface area contributed by atoms with Crippen LogP contribution in [0, 0.1) is 31.2 Å². The quantitative estimate of drug-likeness (QED) is 0.0602. The minimum atomic E-state index is -4.01. The highest BCUT2D eigenvalue weighted by Gasteiger charge is 2.42. The van der Waals surface area contributed by atoms with Crippen LogP contribution in [0.1, 0.15) is 74.5 Å². The van der Waals surface area contributed by atoms with Crippen molar-refractivity contribution in [1.82, 2.24) is 9.30 Å². The molecule has 5 aromatic rings. The smallest absolute Gasteiger partial charge is 0.300 e. The van der Waals surface area contributed by atoms with E-state index in [0.29, 0.717) is 53.8 Å². The Kier molecular flexibility index (Phi) is 13.6. The van der Waals surface area contributed by atoms with E-state index in [1.165, 1.54) is 22.8 Å². The lowest BCUT2D eigenvalue weighted by Gasteiger charge is -2.27. The van der Waals surface area contributed by atoms with E-state index >= 15 is 0 Å². The van der Waals surface area contributed by atoms with Crippen molar-refractivity contribution in [2.24, 2.45) is 4.99 Å². The first-order valence-corrected chi connectivity index (χ1v) is 21.3. The number of nitrogen functional groups attached to an aromatic ring is 1. The molecule has 7 rings (SSSR count). The summed E-state index contributed by atoms with van der Waals surface area (Å²) in [6.07, 6.45) is 0.0107. The molecule has 2 aliphatic carbocycles. The molecule has 0 amide bonds. The number of hydrogen-bond donors (Lipinski definition) is 2. The van der Waals surface area contributed by atoms with E-state index < -0.39 is 27.7 Å². The van der Waals surface area contributed by atoms with Crippen molar-refractivity contribution >= 4 is 70.1 Å². The number of halogens is 7. The topological polar surface area (TPSA) is 156 Å². The lowest BCUT2D eigenvalue weighted by Crippen LogP contribution is -2.35. The second kappa shape index (κ2) is 17.5. The fourth-order valence-corrected chi connectivity index (χ4v) is 9.14. The predicted molar refractivity (Wildman–Crippen MR) is 214 cm³/mol. The molecule has 0 atom stereocenters. The van der Waals surface area contributed by atoms with Crippen LogP contribution >= 0.6 is 43.5 Å². The molecule has 19 heteroatoms. The number of sulfone groups is 1. The number of anilines is 1. The molecule has 4 heterocycles. The summed E-state index contributed by atoms with van der Waals surface area (Å²) in [6.45, 7) is 5.05. The summed E-state index contributed by atoms with van der Waals surface area (Å²) in [5, 5.41) is 34.0. The van der Waals surface area contributed by atoms with E-state index in [0.717, 1.165) is 4.73 Å². The van der Waals surface area contributed by atoms with E-state index in [9.17, 15) is 41.6 Å². The first-order chi connectivity index (χ1) is 26.6. The average molecular weight is 965 g/mol. The molecule has 3 N–H and O–H groups in total. The van der Waals surface area contributed by atoms with Crippen LogP contribution in [0.5, 0.6) is 0 Å². The van der Waals surface area contributed by atoms with Gasteiger partial charge in [0.15, 0.2) is 16.1 Å². The number of aryl methyl sites for hydroxylation is 3. The Bertz CT molecular complexity index is 2410. The van der Waals surface area contributed by atoms with Crippen molar-refractivity contribution in [2.45, 2.75) is 106 Å². The number of alkyl halides is 4. The number of nitrogens with two attached hydrogens (primary N) is 1. The number of benzene rings is 1. The molecule has 2 fully saturated rings. The minimum Gasteiger partial charge on any atom is -0.710 e. The highest BCUT2D eigenvalue weighted by atomic mass is 79.9. The van der Waals surface area contributed by atoms with E-state index in [4.69, 9.17) is 17.3 Å². The van der Waals surface area contributed by atoms with Crippen LogP contribution in [0.25, 0.3) is 11.0 Å². The Labute approximate surface area is 348 Å². The maximum Gasteiger partial charge on any atom is 0.300 e. The number of rotatable bonds is 4. The van der Waals surface area contributed by atoms with E-state index in [1.54, 1.807) is 69.3 Å². The van der Waals surface area contributed by atoms with Gasteiger partial charge in [0.25, 0.3) is 5.65 Å². The number of aromatic nitrogens is 4. The summed E-state index contributed by atoms with van der Waals surface area (Å²) in [6, 6.07) is 17.2. The molecule has 57 heavy (non-hydrogen) atoms. The van der Waals surface area contributed by atoms with Gasteiger partial charge in [-0.15, -0.1) is 0 Å². The summed E-state index contributed by atoms with van der Waals surface area (Å²) < 4.78 is 85.1. The molecule has 0 saturated heterocycles. The molecule has 1 aromatic carbocycles. The highest BCUT2D eigenvalue weighted by molar-refractivity contribution is 9.10. The molecular formula is C38H41Br2ClF4N6O5S. The van der Waals surface area contributed by atoms with Gasteiger partial charge in [0.1, 0.15) is 16.2 Å². The van der Waals surface area contributed by atoms with Crippen LogP contribution in [0.3, 0.4) is 0 Å². The highest BCUT2D eigenvalue weighted by Crippen LogP contribution is 2.44. The zero-order valence-corrected chi connectivity index (χ0v) is 35.9. The van der Waals surface area contributed by atoms with Crippen LogP contribution in [-0.4, -0.2) is 40.8 Å². The fraction of sp³-hybridized carbons (Fsp3) is 0.395. The number of hydrogen-bond acceptors (Lipinski definition) is 7. The lowest BCUT2D eigenvalue weighted by molar-refractivity contribution is -0.610. The molecule has 2 aliphatic rings. The lowest BCUT2D eigenvalue weighted by atomic mass is 9.92. The Morgan fingerprint density at radius 1 is 0.825 bits per heavy atom. The first-order valence-electron chi connectivity index (χ1n) is 17.9. The summed E-state index contributed by atoms with van der Waals surface area (Å²) in [5.74, 6) is -5.39. The average Bonchev–Trinajstić information content (AvgIpc) is 3.48. The molecule has 0 radical (unpaired) electrons. The largest absolute Gasteiger partial charge is 0.710 e. The van der Waals surface area contributed by atoms with Crippen molar-refractivity contribution in [2.75, 3.05) is 5.73 Å². The van der Waals surface area contributed by atoms with Gasteiger partial charge in [-0.3, -0.25) is 4.99 Å². The molecule has 0 unspecified atom stereocenters. The number of pyridine rings is 3.